The van der Waals surface area contributed by atoms with Crippen LogP contribution in [0.5, 0.6) is 17.2 Å². The summed E-state index contributed by atoms with van der Waals surface area (Å²) < 4.78 is 20.2. The topological polar surface area (TPSA) is 87.8 Å². The van der Waals surface area contributed by atoms with Crippen LogP contribution in [0.15, 0.2) is 65.7 Å². The number of imidazole rings is 1. The predicted molar refractivity (Wildman–Crippen MR) is 149 cm³/mol. The van der Waals surface area contributed by atoms with E-state index in [1.807, 2.05) is 39.0 Å². The van der Waals surface area contributed by atoms with Crippen LogP contribution in [0.1, 0.15) is 39.7 Å². The Morgan fingerprint density at radius 1 is 1.05 bits per heavy atom. The molecule has 5 rings (SSSR count). The average molecular weight is 551 g/mol. The second-order valence-corrected chi connectivity index (χ2v) is 10.8. The second kappa shape index (κ2) is 10.6. The van der Waals surface area contributed by atoms with Gasteiger partial charge in [0.25, 0.3) is 0 Å². The zero-order valence-corrected chi connectivity index (χ0v) is 23.1. The number of pyridine rings is 1. The van der Waals surface area contributed by atoms with Crippen LogP contribution in [0.25, 0.3) is 16.7 Å². The van der Waals surface area contributed by atoms with Gasteiger partial charge < -0.3 is 19.1 Å². The predicted octanol–water partition coefficient (Wildman–Crippen LogP) is 6.21. The van der Waals surface area contributed by atoms with Crippen molar-refractivity contribution in [3.63, 3.8) is 0 Å². The van der Waals surface area contributed by atoms with Crippen molar-refractivity contribution in [3.05, 3.63) is 76.4 Å². The highest BCUT2D eigenvalue weighted by molar-refractivity contribution is 6.33. The van der Waals surface area contributed by atoms with E-state index in [1.54, 1.807) is 63.9 Å². The minimum atomic E-state index is -0.587. The fraction of sp³-hybridized carbons (Fsp3) is 0.345. The molecule has 1 amide bonds. The lowest BCUT2D eigenvalue weighted by Crippen LogP contribution is -2.45. The number of carbonyl (C=O) groups excluding carboxylic acids is 1. The van der Waals surface area contributed by atoms with Crippen molar-refractivity contribution in [1.29, 1.82) is 0 Å². The van der Waals surface area contributed by atoms with Gasteiger partial charge in [-0.25, -0.2) is 9.59 Å². The highest BCUT2D eigenvalue weighted by atomic mass is 35.5. The molecule has 1 saturated heterocycles. The molecule has 2 aromatic heterocycles. The van der Waals surface area contributed by atoms with E-state index in [-0.39, 0.29) is 17.8 Å². The number of nitrogens with zero attached hydrogens (tertiary/aromatic N) is 4. The largest absolute Gasteiger partial charge is 0.495 e. The van der Waals surface area contributed by atoms with Crippen molar-refractivity contribution in [2.75, 3.05) is 20.2 Å². The highest BCUT2D eigenvalue weighted by Crippen LogP contribution is 2.36. The summed E-state index contributed by atoms with van der Waals surface area (Å²) in [6.07, 6.45) is 4.53. The van der Waals surface area contributed by atoms with Gasteiger partial charge in [0.2, 0.25) is 0 Å². The van der Waals surface area contributed by atoms with Gasteiger partial charge in [-0.3, -0.25) is 14.1 Å². The van der Waals surface area contributed by atoms with Crippen molar-refractivity contribution in [1.82, 2.24) is 19.0 Å². The van der Waals surface area contributed by atoms with E-state index in [9.17, 15) is 9.59 Å². The molecule has 39 heavy (non-hydrogen) atoms. The molecule has 1 aliphatic heterocycles. The maximum absolute atomic E-state index is 13.9. The Morgan fingerprint density at radius 2 is 1.79 bits per heavy atom. The van der Waals surface area contributed by atoms with Crippen LogP contribution in [0.2, 0.25) is 5.02 Å². The number of hydrogen-bond acceptors (Lipinski definition) is 6. The fourth-order valence-corrected chi connectivity index (χ4v) is 5.09. The molecule has 0 bridgehead atoms. The van der Waals surface area contributed by atoms with Crippen molar-refractivity contribution in [2.24, 2.45) is 0 Å². The summed E-state index contributed by atoms with van der Waals surface area (Å²) in [5, 5.41) is 0.377. The molecule has 9 nitrogen and oxygen atoms in total. The summed E-state index contributed by atoms with van der Waals surface area (Å²) in [4.78, 5) is 32.6. The average Bonchev–Trinajstić information content (AvgIpc) is 3.21. The number of methoxy groups -OCH3 is 1. The fourth-order valence-electron chi connectivity index (χ4n) is 4.85. The molecule has 0 saturated carbocycles. The SMILES string of the molecule is COc1cccc(Oc2ccc(-n3c(=O)n([C@H]4CCCN(C(=O)OC(C)(C)C)C4)c4ccncc43)cc2)c1Cl. The van der Waals surface area contributed by atoms with Gasteiger partial charge in [-0.1, -0.05) is 17.7 Å². The number of ether oxygens (including phenoxy) is 3. The van der Waals surface area contributed by atoms with E-state index in [0.29, 0.717) is 46.6 Å². The number of halogens is 1. The molecular formula is C29H31ClN4O5. The summed E-state index contributed by atoms with van der Waals surface area (Å²) in [6, 6.07) is 14.1. The van der Waals surface area contributed by atoms with E-state index < -0.39 is 5.60 Å². The zero-order valence-electron chi connectivity index (χ0n) is 22.4. The summed E-state index contributed by atoms with van der Waals surface area (Å²) >= 11 is 6.37. The first-order valence-electron chi connectivity index (χ1n) is 12.8. The standard InChI is InChI=1S/C29H31ClN4O5/c1-29(2,3)39-28(36)32-16-6-7-20(18-32)34-22-14-15-31-17-23(22)33(27(34)35)19-10-12-21(13-11-19)38-25-9-5-8-24(37-4)26(25)30/h5,8-15,17,20H,6-7,16,18H2,1-4H3/t20-/m0/s1. The van der Waals surface area contributed by atoms with Crippen LogP contribution in [0.4, 0.5) is 4.79 Å². The molecule has 204 valence electrons. The third kappa shape index (κ3) is 5.45. The van der Waals surface area contributed by atoms with Gasteiger partial charge in [-0.2, -0.15) is 0 Å². The van der Waals surface area contributed by atoms with Crippen molar-refractivity contribution < 1.29 is 19.0 Å². The normalized spacial score (nSPS) is 15.8. The number of amides is 1. The number of piperidine rings is 1. The summed E-state index contributed by atoms with van der Waals surface area (Å²) in [7, 11) is 1.55. The smallest absolute Gasteiger partial charge is 0.410 e. The van der Waals surface area contributed by atoms with Gasteiger partial charge in [0.15, 0.2) is 0 Å². The van der Waals surface area contributed by atoms with Gasteiger partial charge in [0.1, 0.15) is 27.9 Å². The van der Waals surface area contributed by atoms with Crippen LogP contribution in [0.3, 0.4) is 0 Å². The van der Waals surface area contributed by atoms with E-state index in [0.717, 1.165) is 18.4 Å². The third-order valence-corrected chi connectivity index (χ3v) is 6.93. The Labute approximate surface area is 231 Å². The molecule has 2 aromatic carbocycles. The van der Waals surface area contributed by atoms with E-state index in [4.69, 9.17) is 25.8 Å². The molecule has 0 radical (unpaired) electrons. The molecule has 10 heteroatoms. The number of rotatable bonds is 5. The minimum absolute atomic E-state index is 0.192. The molecule has 4 aromatic rings. The van der Waals surface area contributed by atoms with Gasteiger partial charge in [-0.15, -0.1) is 0 Å². The molecule has 0 N–H and O–H groups in total. The number of likely N-dealkylation sites (tertiary alicyclic amines) is 1. The molecule has 0 spiro atoms. The maximum Gasteiger partial charge on any atom is 0.410 e. The first kappa shape index (κ1) is 26.6. The van der Waals surface area contributed by atoms with Crippen LogP contribution < -0.4 is 15.2 Å². The summed E-state index contributed by atoms with van der Waals surface area (Å²) in [5.41, 5.74) is 1.33. The number of fused-ring (bicyclic) bond motifs is 1. The van der Waals surface area contributed by atoms with Crippen molar-refractivity contribution in [2.45, 2.75) is 45.3 Å². The first-order valence-corrected chi connectivity index (χ1v) is 13.2. The lowest BCUT2D eigenvalue weighted by Gasteiger charge is -2.34. The van der Waals surface area contributed by atoms with Crippen LogP contribution in [0, 0.1) is 0 Å². The number of benzene rings is 2. The Bertz CT molecular complexity index is 1550. The Kier molecular flexibility index (Phi) is 7.27. The zero-order chi connectivity index (χ0) is 27.7. The van der Waals surface area contributed by atoms with Gasteiger partial charge in [0.05, 0.1) is 36.1 Å². The van der Waals surface area contributed by atoms with Crippen molar-refractivity contribution >= 4 is 28.7 Å². The van der Waals surface area contributed by atoms with Crippen LogP contribution in [-0.2, 0) is 4.74 Å². The van der Waals surface area contributed by atoms with Crippen LogP contribution >= 0.6 is 11.6 Å². The summed E-state index contributed by atoms with van der Waals surface area (Å²) in [6.45, 7) is 6.53. The van der Waals surface area contributed by atoms with Gasteiger partial charge >= 0.3 is 11.8 Å². The lowest BCUT2D eigenvalue weighted by atomic mass is 10.1. The number of hydrogen-bond donors (Lipinski definition) is 0. The molecule has 1 atom stereocenters. The van der Waals surface area contributed by atoms with E-state index >= 15 is 0 Å². The highest BCUT2D eigenvalue weighted by Gasteiger charge is 2.31. The quantitative estimate of drug-likeness (QED) is 0.293. The van der Waals surface area contributed by atoms with E-state index in [2.05, 4.69) is 4.98 Å². The maximum atomic E-state index is 13.9. The molecule has 1 fully saturated rings. The summed E-state index contributed by atoms with van der Waals surface area (Å²) in [5.74, 6) is 1.54. The van der Waals surface area contributed by atoms with Crippen LogP contribution in [-0.4, -0.2) is 50.9 Å². The Hall–Kier alpha value is -3.98. The first-order chi connectivity index (χ1) is 18.7. The molecule has 1 aliphatic rings. The number of carbonyl (C=O) groups is 1. The third-order valence-electron chi connectivity index (χ3n) is 6.56. The van der Waals surface area contributed by atoms with Crippen molar-refractivity contribution in [3.8, 4) is 22.9 Å². The lowest BCUT2D eigenvalue weighted by molar-refractivity contribution is 0.0173. The monoisotopic (exact) mass is 550 g/mol. The van der Waals surface area contributed by atoms with Gasteiger partial charge in [0, 0.05) is 19.3 Å². The Morgan fingerprint density at radius 3 is 2.51 bits per heavy atom. The second-order valence-electron chi connectivity index (χ2n) is 10.4. The minimum Gasteiger partial charge on any atom is -0.495 e. The van der Waals surface area contributed by atoms with Gasteiger partial charge in [-0.05, 0) is 76.1 Å². The molecule has 0 unspecified atom stereocenters. The molecule has 0 aliphatic carbocycles. The molecule has 3 heterocycles. The number of aromatic nitrogens is 3. The van der Waals surface area contributed by atoms with E-state index in [1.165, 1.54) is 0 Å². The Balaban J connectivity index is 1.46. The molecular weight excluding hydrogens is 520 g/mol.